The normalized spacial score (nSPS) is 45.6. The van der Waals surface area contributed by atoms with E-state index in [1.807, 2.05) is 12.1 Å². The molecule has 4 saturated carbocycles. The van der Waals surface area contributed by atoms with Crippen molar-refractivity contribution < 1.29 is 48.5 Å². The van der Waals surface area contributed by atoms with Crippen LogP contribution in [-0.2, 0) is 33.3 Å². The monoisotopic (exact) mass is 710 g/mol. The molecule has 4 aliphatic heterocycles. The highest BCUT2D eigenvalue weighted by Gasteiger charge is 2.78. The maximum Gasteiger partial charge on any atom is 0.174 e. The number of ether oxygens (including phenoxy) is 2. The Hall–Kier alpha value is -3.18. The van der Waals surface area contributed by atoms with Gasteiger partial charge in [0.1, 0.15) is 23.3 Å². The standard InChI is InChI=1S/C42H48N2O8/c1-43(19-21-3-4-21)13-11-39-31-23-15-25(33(47)35(31)51-37(39)27(45)7-9-41(39,49)29(43)17-23)26-16-24-18-30-42(50)10-8-28(46)38-40(42,32(24)36(52-38)34(26)48)12-14-44(30,2)20-22-5-6-22/h15-16,21-22,29-30,37-38,49-50H,3-14,17-20H2,1-2H3/p+2/t29-,30-,37+,38+,39-,40+,41-,42-,43-,44-/m1/s1. The molecule has 10 atom stereocenters. The number of likely N-dealkylation sites (tertiary alicyclic amines) is 2. The highest BCUT2D eigenvalue weighted by atomic mass is 16.5. The first-order valence-corrected chi connectivity index (χ1v) is 20.1. The van der Waals surface area contributed by atoms with Gasteiger partial charge in [-0.15, -0.1) is 0 Å². The van der Waals surface area contributed by atoms with Crippen LogP contribution in [0.2, 0.25) is 0 Å². The van der Waals surface area contributed by atoms with Crippen LogP contribution in [0.15, 0.2) is 12.1 Å². The third kappa shape index (κ3) is 3.29. The van der Waals surface area contributed by atoms with E-state index in [0.717, 1.165) is 57.4 Å². The highest BCUT2D eigenvalue weighted by Crippen LogP contribution is 2.70. The smallest absolute Gasteiger partial charge is 0.174 e. The Morgan fingerprint density at radius 3 is 1.46 bits per heavy atom. The minimum atomic E-state index is -1.13. The summed E-state index contributed by atoms with van der Waals surface area (Å²) in [7, 11) is 4.56. The number of rotatable bonds is 5. The van der Waals surface area contributed by atoms with Gasteiger partial charge in [-0.2, -0.15) is 0 Å². The molecule has 6 fully saturated rings. The first kappa shape index (κ1) is 31.2. The second kappa shape index (κ2) is 9.19. The van der Waals surface area contributed by atoms with E-state index < -0.39 is 34.2 Å². The van der Waals surface area contributed by atoms with Crippen molar-refractivity contribution in [3.63, 3.8) is 0 Å². The average Bonchev–Trinajstić information content (AvgIpc) is 4.03. The number of Topliss-reactive ketones (excluding diaryl/α,β-unsaturated/α-hetero) is 2. The van der Waals surface area contributed by atoms with Gasteiger partial charge in [0.05, 0.1) is 51.1 Å². The van der Waals surface area contributed by atoms with Crippen molar-refractivity contribution in [3.05, 3.63) is 34.4 Å². The minimum Gasteiger partial charge on any atom is -0.504 e. The van der Waals surface area contributed by atoms with Gasteiger partial charge in [-0.05, 0) is 61.8 Å². The molecular weight excluding hydrogens is 660 g/mol. The number of aromatic hydroxyl groups is 2. The van der Waals surface area contributed by atoms with Crippen LogP contribution >= 0.6 is 0 Å². The van der Waals surface area contributed by atoms with Crippen LogP contribution in [0.4, 0.5) is 0 Å². The van der Waals surface area contributed by atoms with Crippen LogP contribution in [0, 0.1) is 11.8 Å². The molecular formula is C42H50N2O8+2. The fourth-order valence-electron chi connectivity index (χ4n) is 14.4. The van der Waals surface area contributed by atoms with E-state index in [1.54, 1.807) is 0 Å². The Kier molecular flexibility index (Phi) is 5.51. The number of quaternary nitrogens is 2. The molecule has 10 aliphatic rings. The van der Waals surface area contributed by atoms with Crippen LogP contribution in [-0.4, -0.2) is 117 Å². The topological polar surface area (TPSA) is 134 Å². The van der Waals surface area contributed by atoms with Crippen LogP contribution in [0.5, 0.6) is 23.0 Å². The lowest BCUT2D eigenvalue weighted by molar-refractivity contribution is -0.950. The summed E-state index contributed by atoms with van der Waals surface area (Å²) in [5, 5.41) is 50.3. The number of likely N-dealkylation sites (N-methyl/N-ethyl adjacent to an activating group) is 2. The summed E-state index contributed by atoms with van der Waals surface area (Å²) in [4.78, 5) is 27.4. The molecule has 2 aromatic rings. The second-order valence-corrected chi connectivity index (χ2v) is 19.6. The number of hydrogen-bond donors (Lipinski definition) is 4. The minimum absolute atomic E-state index is 0.0251. The SMILES string of the molecule is C[N@+]1(CC2CC2)CC[C@]23c4c5cc(-c6cc7c8c(c6O)O[C@H]6C(=O)CC[C@@]9(O)[C@@H](C7)[N@@+](C)(CC7CC7)CC[C@@]869)c(O)c4O[C@H]2C(=O)CC[C@@]3(O)[C@H]1C5. The number of ketones is 2. The number of benzene rings is 2. The first-order valence-electron chi connectivity index (χ1n) is 20.1. The molecule has 4 bridgehead atoms. The molecule has 12 rings (SSSR count). The highest BCUT2D eigenvalue weighted by molar-refractivity contribution is 5.94. The number of phenols is 2. The van der Waals surface area contributed by atoms with Gasteiger partial charge in [0.15, 0.2) is 46.8 Å². The number of carbonyl (C=O) groups is 2. The van der Waals surface area contributed by atoms with E-state index >= 15 is 0 Å². The molecule has 4 N–H and O–H groups in total. The largest absolute Gasteiger partial charge is 0.504 e. The van der Waals surface area contributed by atoms with Gasteiger partial charge >= 0.3 is 0 Å². The predicted octanol–water partition coefficient (Wildman–Crippen LogP) is 3.32. The van der Waals surface area contributed by atoms with Gasteiger partial charge in [0.2, 0.25) is 0 Å². The zero-order valence-corrected chi connectivity index (χ0v) is 30.2. The number of carbonyl (C=O) groups excluding carboxylic acids is 2. The van der Waals surface area contributed by atoms with Gasteiger partial charge in [-0.1, -0.05) is 0 Å². The maximum atomic E-state index is 13.7. The molecule has 4 heterocycles. The Morgan fingerprint density at radius 2 is 1.08 bits per heavy atom. The van der Waals surface area contributed by atoms with Gasteiger partial charge in [0.25, 0.3) is 0 Å². The Bertz CT molecular complexity index is 1930. The van der Waals surface area contributed by atoms with Crippen LogP contribution in [0.3, 0.4) is 0 Å². The van der Waals surface area contributed by atoms with Gasteiger partial charge < -0.3 is 38.9 Å². The van der Waals surface area contributed by atoms with Gasteiger partial charge in [-0.25, -0.2) is 0 Å². The van der Waals surface area contributed by atoms with E-state index in [9.17, 15) is 30.0 Å². The lowest BCUT2D eigenvalue weighted by atomic mass is 9.48. The third-order valence-corrected chi connectivity index (χ3v) is 17.1. The summed E-state index contributed by atoms with van der Waals surface area (Å²) in [5.74, 6) is 1.53. The molecule has 52 heavy (non-hydrogen) atoms. The molecule has 0 unspecified atom stereocenters. The molecule has 0 radical (unpaired) electrons. The summed E-state index contributed by atoms with van der Waals surface area (Å²) in [6.07, 6.45) is 6.86. The lowest BCUT2D eigenvalue weighted by Gasteiger charge is -2.64. The summed E-state index contributed by atoms with van der Waals surface area (Å²) in [6, 6.07) is 3.71. The maximum absolute atomic E-state index is 13.7. The van der Waals surface area contributed by atoms with Crippen LogP contribution < -0.4 is 9.47 Å². The van der Waals surface area contributed by atoms with Crippen molar-refractivity contribution in [2.24, 2.45) is 11.8 Å². The molecule has 10 nitrogen and oxygen atoms in total. The second-order valence-electron chi connectivity index (χ2n) is 19.6. The summed E-state index contributed by atoms with van der Waals surface area (Å²) >= 11 is 0. The quantitative estimate of drug-likeness (QED) is 0.348. The number of nitrogens with zero attached hydrogens (tertiary/aromatic N) is 2. The van der Waals surface area contributed by atoms with Crippen molar-refractivity contribution in [1.29, 1.82) is 0 Å². The summed E-state index contributed by atoms with van der Waals surface area (Å²) in [5.41, 5.74) is 0.233. The first-order chi connectivity index (χ1) is 24.8. The van der Waals surface area contributed by atoms with Crippen LogP contribution in [0.1, 0.15) is 86.5 Å². The van der Waals surface area contributed by atoms with E-state index in [1.165, 1.54) is 25.7 Å². The molecule has 0 amide bonds. The zero-order valence-electron chi connectivity index (χ0n) is 30.2. The molecule has 2 aromatic carbocycles. The Balaban J connectivity index is 1.05. The van der Waals surface area contributed by atoms with Gasteiger partial charge in [-0.3, -0.25) is 9.59 Å². The fraction of sp³-hybridized carbons (Fsp3) is 0.667. The molecule has 2 saturated heterocycles. The third-order valence-electron chi connectivity index (χ3n) is 17.1. The summed E-state index contributed by atoms with van der Waals surface area (Å²) < 4.78 is 14.7. The average molecular weight is 711 g/mol. The van der Waals surface area contributed by atoms with Crippen molar-refractivity contribution in [2.75, 3.05) is 40.3 Å². The Labute approximate surface area is 303 Å². The number of piperidine rings is 2. The van der Waals surface area contributed by atoms with Crippen molar-refractivity contribution in [1.82, 2.24) is 0 Å². The van der Waals surface area contributed by atoms with E-state index in [-0.39, 0.29) is 59.5 Å². The van der Waals surface area contributed by atoms with E-state index in [0.29, 0.717) is 61.5 Å². The summed E-state index contributed by atoms with van der Waals surface area (Å²) in [6.45, 7) is 3.71. The number of phenolic OH excluding ortho intramolecular Hbond substituents is 2. The molecule has 2 spiro atoms. The molecule has 6 aliphatic carbocycles. The predicted molar refractivity (Wildman–Crippen MR) is 187 cm³/mol. The van der Waals surface area contributed by atoms with Crippen molar-refractivity contribution in [3.8, 4) is 34.1 Å². The Morgan fingerprint density at radius 1 is 0.673 bits per heavy atom. The lowest BCUT2D eigenvalue weighted by Crippen LogP contribution is -2.80. The van der Waals surface area contributed by atoms with Gasteiger partial charge in [0, 0.05) is 72.6 Å². The zero-order chi connectivity index (χ0) is 35.5. The number of hydrogen-bond acceptors (Lipinski definition) is 8. The fourth-order valence-corrected chi connectivity index (χ4v) is 14.4. The number of aliphatic hydroxyl groups is 2. The van der Waals surface area contributed by atoms with Crippen LogP contribution in [0.25, 0.3) is 11.1 Å². The van der Waals surface area contributed by atoms with Crippen molar-refractivity contribution in [2.45, 2.75) is 123 Å². The van der Waals surface area contributed by atoms with E-state index in [2.05, 4.69) is 14.1 Å². The van der Waals surface area contributed by atoms with E-state index in [4.69, 9.17) is 9.47 Å². The molecule has 10 heteroatoms. The molecule has 0 aromatic heterocycles. The molecule has 274 valence electrons. The van der Waals surface area contributed by atoms with Crippen molar-refractivity contribution >= 4 is 11.6 Å².